The molecule has 0 aromatic heterocycles. The van der Waals surface area contributed by atoms with E-state index in [1.807, 2.05) is 25.1 Å². The van der Waals surface area contributed by atoms with Crippen LogP contribution in [0.1, 0.15) is 37.8 Å². The lowest BCUT2D eigenvalue weighted by Gasteiger charge is -2.10. The molecule has 1 N–H and O–H groups in total. The van der Waals surface area contributed by atoms with Crippen molar-refractivity contribution in [3.05, 3.63) is 29.3 Å². The van der Waals surface area contributed by atoms with Gasteiger partial charge in [-0.1, -0.05) is 19.9 Å². The Balaban J connectivity index is 2.53. The van der Waals surface area contributed by atoms with Crippen molar-refractivity contribution in [1.29, 1.82) is 5.26 Å². The lowest BCUT2D eigenvalue weighted by molar-refractivity contribution is 0.567. The van der Waals surface area contributed by atoms with E-state index in [2.05, 4.69) is 25.2 Å². The van der Waals surface area contributed by atoms with Gasteiger partial charge in [0.25, 0.3) is 0 Å². The smallest absolute Gasteiger partial charge is 0.101 e. The number of nitrogens with zero attached hydrogens (tertiary/aromatic N) is 1. The molecule has 86 valence electrons. The number of benzene rings is 1. The highest BCUT2D eigenvalue weighted by Crippen LogP contribution is 2.16. The quantitative estimate of drug-likeness (QED) is 0.761. The van der Waals surface area contributed by atoms with Crippen LogP contribution in [-0.4, -0.2) is 6.54 Å². The molecule has 0 unspecified atom stereocenters. The van der Waals surface area contributed by atoms with Crippen LogP contribution >= 0.6 is 0 Å². The van der Waals surface area contributed by atoms with Crippen LogP contribution in [-0.2, 0) is 0 Å². The summed E-state index contributed by atoms with van der Waals surface area (Å²) < 4.78 is 0. The van der Waals surface area contributed by atoms with Crippen LogP contribution in [0, 0.1) is 24.2 Å². The normalized spacial score (nSPS) is 10.2. The average Bonchev–Trinajstić information content (AvgIpc) is 2.24. The highest BCUT2D eigenvalue weighted by atomic mass is 14.9. The Morgan fingerprint density at radius 1 is 1.38 bits per heavy atom. The molecule has 1 rings (SSSR count). The first-order valence-corrected chi connectivity index (χ1v) is 5.88. The van der Waals surface area contributed by atoms with E-state index in [4.69, 9.17) is 5.26 Å². The Morgan fingerprint density at radius 3 is 2.75 bits per heavy atom. The predicted molar refractivity (Wildman–Crippen MR) is 68.5 cm³/mol. The van der Waals surface area contributed by atoms with E-state index in [9.17, 15) is 0 Å². The molecule has 0 saturated heterocycles. The van der Waals surface area contributed by atoms with Crippen LogP contribution in [0.2, 0.25) is 0 Å². The van der Waals surface area contributed by atoms with Gasteiger partial charge in [-0.25, -0.2) is 0 Å². The van der Waals surface area contributed by atoms with Gasteiger partial charge in [-0.05, 0) is 43.4 Å². The largest absolute Gasteiger partial charge is 0.384 e. The molecule has 0 aliphatic carbocycles. The van der Waals surface area contributed by atoms with Crippen LogP contribution in [0.3, 0.4) is 0 Å². The molecule has 0 radical (unpaired) electrons. The predicted octanol–water partition coefficient (Wildman–Crippen LogP) is 3.71. The third-order valence-corrected chi connectivity index (χ3v) is 2.57. The summed E-state index contributed by atoms with van der Waals surface area (Å²) in [5.41, 5.74) is 2.88. The van der Waals surface area contributed by atoms with Crippen LogP contribution in [0.15, 0.2) is 18.2 Å². The topological polar surface area (TPSA) is 35.8 Å². The summed E-state index contributed by atoms with van der Waals surface area (Å²) in [4.78, 5) is 0. The van der Waals surface area contributed by atoms with Gasteiger partial charge in [0.1, 0.15) is 6.07 Å². The van der Waals surface area contributed by atoms with Gasteiger partial charge in [-0.2, -0.15) is 5.26 Å². The van der Waals surface area contributed by atoms with E-state index in [0.717, 1.165) is 30.1 Å². The summed E-state index contributed by atoms with van der Waals surface area (Å²) in [5, 5.41) is 12.3. The minimum atomic E-state index is 0.732. The summed E-state index contributed by atoms with van der Waals surface area (Å²) >= 11 is 0. The van der Waals surface area contributed by atoms with Gasteiger partial charge in [0.15, 0.2) is 0 Å². The van der Waals surface area contributed by atoms with E-state index >= 15 is 0 Å². The van der Waals surface area contributed by atoms with Gasteiger partial charge in [-0.15, -0.1) is 0 Å². The Kier molecular flexibility index (Phi) is 4.85. The zero-order valence-electron chi connectivity index (χ0n) is 10.4. The first kappa shape index (κ1) is 12.6. The van der Waals surface area contributed by atoms with E-state index in [1.54, 1.807) is 0 Å². The van der Waals surface area contributed by atoms with Gasteiger partial charge in [0.2, 0.25) is 0 Å². The molecule has 2 heteroatoms. The van der Waals surface area contributed by atoms with Gasteiger partial charge in [0, 0.05) is 6.54 Å². The average molecular weight is 216 g/mol. The van der Waals surface area contributed by atoms with Crippen molar-refractivity contribution >= 4 is 5.69 Å². The second-order valence-corrected chi connectivity index (χ2v) is 4.62. The highest BCUT2D eigenvalue weighted by Gasteiger charge is 2.01. The number of rotatable bonds is 5. The summed E-state index contributed by atoms with van der Waals surface area (Å²) in [6.45, 7) is 7.44. The Bertz CT molecular complexity index is 375. The molecule has 1 aromatic rings. The molecule has 0 spiro atoms. The van der Waals surface area contributed by atoms with Gasteiger partial charge in [-0.3, -0.25) is 0 Å². The van der Waals surface area contributed by atoms with Gasteiger partial charge in [0.05, 0.1) is 11.3 Å². The van der Waals surface area contributed by atoms with E-state index < -0.39 is 0 Å². The number of hydrogen-bond acceptors (Lipinski definition) is 2. The van der Waals surface area contributed by atoms with Crippen LogP contribution in [0.5, 0.6) is 0 Å². The minimum Gasteiger partial charge on any atom is -0.384 e. The zero-order chi connectivity index (χ0) is 12.0. The third kappa shape index (κ3) is 3.94. The monoisotopic (exact) mass is 216 g/mol. The van der Waals surface area contributed by atoms with Crippen molar-refractivity contribution in [1.82, 2.24) is 0 Å². The van der Waals surface area contributed by atoms with Crippen molar-refractivity contribution in [3.8, 4) is 6.07 Å². The standard InChI is InChI=1S/C14H20N2/c1-11(2)5-4-8-16-14-9-12(3)6-7-13(14)10-15/h6-7,9,11,16H,4-5,8H2,1-3H3. The molecule has 0 aliphatic rings. The van der Waals surface area contributed by atoms with Crippen molar-refractivity contribution in [2.24, 2.45) is 5.92 Å². The first-order valence-electron chi connectivity index (χ1n) is 5.88. The lowest BCUT2D eigenvalue weighted by Crippen LogP contribution is -2.04. The summed E-state index contributed by atoms with van der Waals surface area (Å²) in [5.74, 6) is 0.745. The van der Waals surface area contributed by atoms with E-state index in [0.29, 0.717) is 0 Å². The maximum absolute atomic E-state index is 8.96. The van der Waals surface area contributed by atoms with Crippen LogP contribution in [0.25, 0.3) is 0 Å². The molecule has 0 amide bonds. The first-order chi connectivity index (χ1) is 7.63. The van der Waals surface area contributed by atoms with Crippen LogP contribution in [0.4, 0.5) is 5.69 Å². The Hall–Kier alpha value is -1.49. The zero-order valence-corrected chi connectivity index (χ0v) is 10.4. The lowest BCUT2D eigenvalue weighted by atomic mass is 10.1. The SMILES string of the molecule is Cc1ccc(C#N)c(NCCCC(C)C)c1. The Morgan fingerprint density at radius 2 is 2.12 bits per heavy atom. The molecular formula is C14H20N2. The van der Waals surface area contributed by atoms with E-state index in [1.165, 1.54) is 12.0 Å². The number of aryl methyl sites for hydroxylation is 1. The summed E-state index contributed by atoms with van der Waals surface area (Å²) in [7, 11) is 0. The third-order valence-electron chi connectivity index (χ3n) is 2.57. The molecule has 0 atom stereocenters. The molecular weight excluding hydrogens is 196 g/mol. The number of nitrogens with one attached hydrogen (secondary N) is 1. The van der Waals surface area contributed by atoms with Crippen molar-refractivity contribution in [2.45, 2.75) is 33.6 Å². The maximum Gasteiger partial charge on any atom is 0.101 e. The van der Waals surface area contributed by atoms with Crippen molar-refractivity contribution in [2.75, 3.05) is 11.9 Å². The van der Waals surface area contributed by atoms with Gasteiger partial charge >= 0.3 is 0 Å². The molecule has 1 aromatic carbocycles. The summed E-state index contributed by atoms with van der Waals surface area (Å²) in [6, 6.07) is 8.09. The number of hydrogen-bond donors (Lipinski definition) is 1. The van der Waals surface area contributed by atoms with Crippen molar-refractivity contribution < 1.29 is 0 Å². The molecule has 0 fully saturated rings. The minimum absolute atomic E-state index is 0.732. The second-order valence-electron chi connectivity index (χ2n) is 4.62. The fourth-order valence-corrected chi connectivity index (χ4v) is 1.64. The fourth-order valence-electron chi connectivity index (χ4n) is 1.64. The summed E-state index contributed by atoms with van der Waals surface area (Å²) in [6.07, 6.45) is 2.37. The highest BCUT2D eigenvalue weighted by molar-refractivity contribution is 5.58. The molecule has 2 nitrogen and oxygen atoms in total. The maximum atomic E-state index is 8.96. The molecule has 16 heavy (non-hydrogen) atoms. The van der Waals surface area contributed by atoms with Gasteiger partial charge < -0.3 is 5.32 Å². The molecule has 0 aliphatic heterocycles. The molecule has 0 saturated carbocycles. The molecule has 0 bridgehead atoms. The number of nitriles is 1. The Labute approximate surface area is 98.3 Å². The van der Waals surface area contributed by atoms with E-state index in [-0.39, 0.29) is 0 Å². The number of anilines is 1. The molecule has 0 heterocycles. The van der Waals surface area contributed by atoms with Crippen LogP contribution < -0.4 is 5.32 Å². The second kappa shape index (κ2) is 6.17. The fraction of sp³-hybridized carbons (Fsp3) is 0.500. The van der Waals surface area contributed by atoms with Crippen molar-refractivity contribution in [3.63, 3.8) is 0 Å².